The largest absolute Gasteiger partial charge is 0.481 e. The topological polar surface area (TPSA) is 57.5 Å². The van der Waals surface area contributed by atoms with Crippen LogP contribution in [0.1, 0.15) is 12.8 Å². The van der Waals surface area contributed by atoms with Gasteiger partial charge < -0.3 is 10.2 Å². The lowest BCUT2D eigenvalue weighted by Crippen LogP contribution is -2.10. The second kappa shape index (κ2) is 10.1. The van der Waals surface area contributed by atoms with E-state index in [2.05, 4.69) is 72.8 Å². The number of aliphatic hydroxyl groups is 1. The zero-order chi connectivity index (χ0) is 20.5. The second-order valence-electron chi connectivity index (χ2n) is 6.76. The van der Waals surface area contributed by atoms with Crippen molar-refractivity contribution in [1.82, 2.24) is 0 Å². The second-order valence-corrected chi connectivity index (χ2v) is 10.1. The SMILES string of the molecule is O=C(O)C[C@@H](O)/C=C/CCS(c1ccccc1)(c1ccccc1)c1ccccc1. The van der Waals surface area contributed by atoms with E-state index >= 15 is 0 Å². The van der Waals surface area contributed by atoms with Gasteiger partial charge in [0.1, 0.15) is 0 Å². The molecule has 3 rings (SSSR count). The molecule has 3 nitrogen and oxygen atoms in total. The third-order valence-electron chi connectivity index (χ3n) is 4.77. The molecule has 29 heavy (non-hydrogen) atoms. The van der Waals surface area contributed by atoms with Crippen LogP contribution in [0.4, 0.5) is 0 Å². The summed E-state index contributed by atoms with van der Waals surface area (Å²) in [6, 6.07) is 31.7. The van der Waals surface area contributed by atoms with Crippen LogP contribution < -0.4 is 0 Å². The Kier molecular flexibility index (Phi) is 7.28. The van der Waals surface area contributed by atoms with Crippen molar-refractivity contribution in [2.45, 2.75) is 33.6 Å². The quantitative estimate of drug-likeness (QED) is 0.445. The maximum absolute atomic E-state index is 10.8. The first kappa shape index (κ1) is 20.9. The van der Waals surface area contributed by atoms with Crippen molar-refractivity contribution in [3.8, 4) is 0 Å². The zero-order valence-electron chi connectivity index (χ0n) is 16.2. The van der Waals surface area contributed by atoms with Gasteiger partial charge in [-0.3, -0.25) is 4.79 Å². The Morgan fingerprint density at radius 2 is 1.21 bits per heavy atom. The monoisotopic (exact) mass is 406 g/mol. The molecular weight excluding hydrogens is 380 g/mol. The maximum atomic E-state index is 10.8. The number of carboxylic acids is 1. The smallest absolute Gasteiger partial charge is 0.306 e. The molecule has 0 aliphatic heterocycles. The van der Waals surface area contributed by atoms with Gasteiger partial charge in [0.25, 0.3) is 0 Å². The molecule has 0 bridgehead atoms. The molecule has 0 aliphatic carbocycles. The minimum absolute atomic E-state index is 0.273. The van der Waals surface area contributed by atoms with Gasteiger partial charge in [-0.2, -0.15) is 10.0 Å². The van der Waals surface area contributed by atoms with Gasteiger partial charge in [0.2, 0.25) is 0 Å². The zero-order valence-corrected chi connectivity index (χ0v) is 17.0. The lowest BCUT2D eigenvalue weighted by molar-refractivity contribution is -0.138. The van der Waals surface area contributed by atoms with Crippen LogP contribution in [-0.2, 0) is 4.79 Å². The predicted molar refractivity (Wildman–Crippen MR) is 119 cm³/mol. The molecule has 0 aromatic heterocycles. The molecule has 0 saturated carbocycles. The van der Waals surface area contributed by atoms with Crippen LogP contribution in [0.15, 0.2) is 118 Å². The van der Waals surface area contributed by atoms with Gasteiger partial charge in [0.15, 0.2) is 0 Å². The normalized spacial score (nSPS) is 13.3. The Morgan fingerprint density at radius 1 is 0.793 bits per heavy atom. The summed E-state index contributed by atoms with van der Waals surface area (Å²) in [5, 5.41) is 18.7. The first-order chi connectivity index (χ1) is 14.1. The molecular formula is C25H26O3S. The van der Waals surface area contributed by atoms with Crippen LogP contribution in [0.25, 0.3) is 0 Å². The molecule has 0 saturated heterocycles. The van der Waals surface area contributed by atoms with Gasteiger partial charge in [-0.15, -0.1) is 0 Å². The van der Waals surface area contributed by atoms with Crippen LogP contribution >= 0.6 is 10.0 Å². The van der Waals surface area contributed by atoms with Crippen molar-refractivity contribution >= 4 is 16.0 Å². The van der Waals surface area contributed by atoms with Gasteiger partial charge in [-0.05, 0) is 63.3 Å². The van der Waals surface area contributed by atoms with E-state index in [0.717, 1.165) is 12.2 Å². The number of aliphatic carboxylic acids is 1. The Hall–Kier alpha value is -2.82. The molecule has 150 valence electrons. The molecule has 0 aliphatic rings. The first-order valence-electron chi connectivity index (χ1n) is 9.66. The summed E-state index contributed by atoms with van der Waals surface area (Å²) in [7, 11) is -1.50. The minimum Gasteiger partial charge on any atom is -0.481 e. The molecule has 0 fully saturated rings. The van der Waals surface area contributed by atoms with Gasteiger partial charge in [-0.1, -0.05) is 66.7 Å². The number of benzene rings is 3. The number of aliphatic hydroxyl groups excluding tert-OH is 1. The summed E-state index contributed by atoms with van der Waals surface area (Å²) in [6.07, 6.45) is 3.01. The van der Waals surface area contributed by atoms with Crippen LogP contribution in [-0.4, -0.2) is 28.0 Å². The summed E-state index contributed by atoms with van der Waals surface area (Å²) in [5.41, 5.74) is 0. The standard InChI is InChI=1S/C25H26O3S/c26-21(20-25(27)28)12-10-11-19-29(22-13-4-1-5-14-22,23-15-6-2-7-16-23)24-17-8-3-9-18-24/h1-10,12-18,21,26H,11,19-20H2,(H,27,28)/b12-10+/t21-/m0/s1. The van der Waals surface area contributed by atoms with E-state index in [4.69, 9.17) is 5.11 Å². The summed E-state index contributed by atoms with van der Waals surface area (Å²) in [5.74, 6) is -0.124. The first-order valence-corrected chi connectivity index (χ1v) is 11.5. The van der Waals surface area contributed by atoms with E-state index < -0.39 is 22.1 Å². The van der Waals surface area contributed by atoms with Gasteiger partial charge >= 0.3 is 5.97 Å². The number of allylic oxidation sites excluding steroid dienone is 1. The molecule has 0 unspecified atom stereocenters. The van der Waals surface area contributed by atoms with Crippen LogP contribution in [0.5, 0.6) is 0 Å². The molecule has 0 radical (unpaired) electrons. The number of hydrogen-bond acceptors (Lipinski definition) is 2. The summed E-state index contributed by atoms with van der Waals surface area (Å²) in [4.78, 5) is 14.6. The number of hydrogen-bond donors (Lipinski definition) is 2. The van der Waals surface area contributed by atoms with Gasteiger partial charge in [-0.25, -0.2) is 0 Å². The average Bonchev–Trinajstić information content (AvgIpc) is 2.75. The average molecular weight is 407 g/mol. The number of carbonyl (C=O) groups is 1. The van der Waals surface area contributed by atoms with Crippen molar-refractivity contribution < 1.29 is 15.0 Å². The summed E-state index contributed by atoms with van der Waals surface area (Å²) in [6.45, 7) is 0. The molecule has 0 amide bonds. The Balaban J connectivity index is 2.01. The van der Waals surface area contributed by atoms with Crippen molar-refractivity contribution in [1.29, 1.82) is 0 Å². The predicted octanol–water partition coefficient (Wildman–Crippen LogP) is 5.75. The highest BCUT2D eigenvalue weighted by atomic mass is 32.3. The third-order valence-corrected chi connectivity index (χ3v) is 8.85. The number of carboxylic acid groups (broad SMARTS) is 1. The Morgan fingerprint density at radius 3 is 1.59 bits per heavy atom. The van der Waals surface area contributed by atoms with Crippen molar-refractivity contribution in [2.75, 3.05) is 5.75 Å². The molecule has 2 N–H and O–H groups in total. The van der Waals surface area contributed by atoms with E-state index in [1.54, 1.807) is 6.08 Å². The summed E-state index contributed by atoms with van der Waals surface area (Å²) >= 11 is 0. The molecule has 0 spiro atoms. The maximum Gasteiger partial charge on any atom is 0.306 e. The molecule has 4 heteroatoms. The lowest BCUT2D eigenvalue weighted by atomic mass is 10.2. The van der Waals surface area contributed by atoms with E-state index in [1.165, 1.54) is 14.7 Å². The van der Waals surface area contributed by atoms with E-state index in [9.17, 15) is 9.90 Å². The van der Waals surface area contributed by atoms with Gasteiger partial charge in [0.05, 0.1) is 12.5 Å². The fraction of sp³-hybridized carbons (Fsp3) is 0.160. The highest BCUT2D eigenvalue weighted by molar-refractivity contribution is 8.33. The molecule has 0 heterocycles. The lowest BCUT2D eigenvalue weighted by Gasteiger charge is -2.41. The molecule has 3 aromatic rings. The van der Waals surface area contributed by atoms with Gasteiger partial charge in [0, 0.05) is 0 Å². The van der Waals surface area contributed by atoms with Crippen molar-refractivity contribution in [3.63, 3.8) is 0 Å². The van der Waals surface area contributed by atoms with E-state index in [-0.39, 0.29) is 6.42 Å². The Labute approximate surface area is 173 Å². The third kappa shape index (κ3) is 5.17. The van der Waals surface area contributed by atoms with Crippen molar-refractivity contribution in [2.24, 2.45) is 0 Å². The fourth-order valence-electron chi connectivity index (χ4n) is 3.47. The molecule has 3 aromatic carbocycles. The fourth-order valence-corrected chi connectivity index (χ4v) is 7.34. The van der Waals surface area contributed by atoms with Crippen LogP contribution in [0.2, 0.25) is 0 Å². The molecule has 1 atom stereocenters. The van der Waals surface area contributed by atoms with E-state index in [0.29, 0.717) is 0 Å². The van der Waals surface area contributed by atoms with E-state index in [1.807, 2.05) is 24.3 Å². The van der Waals surface area contributed by atoms with Crippen LogP contribution in [0, 0.1) is 0 Å². The Bertz CT molecular complexity index is 827. The van der Waals surface area contributed by atoms with Crippen LogP contribution in [0.3, 0.4) is 0 Å². The summed E-state index contributed by atoms with van der Waals surface area (Å²) < 4.78 is 0. The van der Waals surface area contributed by atoms with Crippen molar-refractivity contribution in [3.05, 3.63) is 103 Å². The highest BCUT2D eigenvalue weighted by Gasteiger charge is 2.29. The minimum atomic E-state index is -1.50. The number of rotatable bonds is 9. The highest BCUT2D eigenvalue weighted by Crippen LogP contribution is 2.68.